The molecule has 3 N–H and O–H groups in total. The second-order valence-corrected chi connectivity index (χ2v) is 5.75. The summed E-state index contributed by atoms with van der Waals surface area (Å²) in [5, 5.41) is 3.62. The predicted molar refractivity (Wildman–Crippen MR) is 76.2 cm³/mol. The minimum absolute atomic E-state index is 0.491. The highest BCUT2D eigenvalue weighted by Crippen LogP contribution is 2.22. The lowest BCUT2D eigenvalue weighted by Gasteiger charge is -2.26. The number of hydrogen-bond donors (Lipinski definition) is 2. The van der Waals surface area contributed by atoms with Crippen molar-refractivity contribution in [3.8, 4) is 0 Å². The molecule has 0 bridgehead atoms. The number of hydrogen-bond acceptors (Lipinski definition) is 2. The fraction of sp³-hybridized carbons (Fsp3) is 1.00. The fourth-order valence-electron chi connectivity index (χ4n) is 2.73. The Morgan fingerprint density at radius 2 is 1.59 bits per heavy atom. The van der Waals surface area contributed by atoms with Crippen LogP contribution in [0.5, 0.6) is 0 Å². The quantitative estimate of drug-likeness (QED) is 0.606. The topological polar surface area (TPSA) is 38.0 Å². The molecule has 1 fully saturated rings. The molecule has 0 aromatic heterocycles. The molecule has 1 aliphatic rings. The lowest BCUT2D eigenvalue weighted by molar-refractivity contribution is 0.314. The zero-order chi connectivity index (χ0) is 12.3. The standard InChI is InChI=1S/C15H32N2/c1-2-3-4-5-6-7-12-17-13-14-8-10-15(16)11-9-14/h14-15,17H,2-13,16H2,1H3. The van der Waals surface area contributed by atoms with Crippen molar-refractivity contribution in [2.24, 2.45) is 11.7 Å². The van der Waals surface area contributed by atoms with Gasteiger partial charge < -0.3 is 11.1 Å². The van der Waals surface area contributed by atoms with Crippen LogP contribution in [-0.4, -0.2) is 19.1 Å². The first-order chi connectivity index (χ1) is 8.33. The minimum atomic E-state index is 0.491. The van der Waals surface area contributed by atoms with Crippen molar-refractivity contribution in [1.29, 1.82) is 0 Å². The summed E-state index contributed by atoms with van der Waals surface area (Å²) in [7, 11) is 0. The summed E-state index contributed by atoms with van der Waals surface area (Å²) in [6.07, 6.45) is 13.5. The van der Waals surface area contributed by atoms with Crippen LogP contribution < -0.4 is 11.1 Å². The molecule has 0 aromatic rings. The van der Waals surface area contributed by atoms with E-state index in [4.69, 9.17) is 5.73 Å². The molecular formula is C15H32N2. The first-order valence-corrected chi connectivity index (χ1v) is 7.79. The van der Waals surface area contributed by atoms with Crippen molar-refractivity contribution in [2.45, 2.75) is 77.2 Å². The number of nitrogens with one attached hydrogen (secondary N) is 1. The fourth-order valence-corrected chi connectivity index (χ4v) is 2.73. The van der Waals surface area contributed by atoms with Gasteiger partial charge in [0.25, 0.3) is 0 Å². The first-order valence-electron chi connectivity index (χ1n) is 7.79. The molecule has 17 heavy (non-hydrogen) atoms. The average Bonchev–Trinajstić information content (AvgIpc) is 2.35. The highest BCUT2D eigenvalue weighted by atomic mass is 14.9. The first kappa shape index (κ1) is 15.0. The third-order valence-corrected chi connectivity index (χ3v) is 4.03. The Kier molecular flexibility index (Phi) is 8.72. The molecule has 102 valence electrons. The SMILES string of the molecule is CCCCCCCCNCC1CCC(N)CC1. The van der Waals surface area contributed by atoms with E-state index in [9.17, 15) is 0 Å². The summed E-state index contributed by atoms with van der Waals surface area (Å²) in [5.41, 5.74) is 5.91. The minimum Gasteiger partial charge on any atom is -0.328 e. The van der Waals surface area contributed by atoms with Gasteiger partial charge in [-0.05, 0) is 51.1 Å². The van der Waals surface area contributed by atoms with Crippen molar-refractivity contribution in [1.82, 2.24) is 5.32 Å². The number of unbranched alkanes of at least 4 members (excludes halogenated alkanes) is 5. The smallest absolute Gasteiger partial charge is 0.00390 e. The Morgan fingerprint density at radius 3 is 2.29 bits per heavy atom. The van der Waals surface area contributed by atoms with E-state index in [1.54, 1.807) is 0 Å². The van der Waals surface area contributed by atoms with E-state index in [0.29, 0.717) is 6.04 Å². The van der Waals surface area contributed by atoms with E-state index >= 15 is 0 Å². The maximum absolute atomic E-state index is 5.91. The van der Waals surface area contributed by atoms with Gasteiger partial charge >= 0.3 is 0 Å². The normalized spacial score (nSPS) is 25.1. The van der Waals surface area contributed by atoms with E-state index in [0.717, 1.165) is 5.92 Å². The maximum Gasteiger partial charge on any atom is 0.00390 e. The Hall–Kier alpha value is -0.0800. The van der Waals surface area contributed by atoms with Crippen molar-refractivity contribution < 1.29 is 0 Å². The number of rotatable bonds is 9. The molecule has 0 radical (unpaired) electrons. The van der Waals surface area contributed by atoms with E-state index in [-0.39, 0.29) is 0 Å². The van der Waals surface area contributed by atoms with E-state index in [1.165, 1.54) is 77.3 Å². The van der Waals surface area contributed by atoms with Crippen LogP contribution in [-0.2, 0) is 0 Å². The molecule has 2 heteroatoms. The monoisotopic (exact) mass is 240 g/mol. The van der Waals surface area contributed by atoms with Gasteiger partial charge in [0.15, 0.2) is 0 Å². The summed E-state index contributed by atoms with van der Waals surface area (Å²) in [6.45, 7) is 4.72. The van der Waals surface area contributed by atoms with E-state index in [2.05, 4.69) is 12.2 Å². The second-order valence-electron chi connectivity index (χ2n) is 5.75. The maximum atomic E-state index is 5.91. The zero-order valence-electron chi connectivity index (χ0n) is 11.7. The van der Waals surface area contributed by atoms with Crippen LogP contribution in [0.25, 0.3) is 0 Å². The Morgan fingerprint density at radius 1 is 0.941 bits per heavy atom. The predicted octanol–water partition coefficient (Wildman–Crippen LogP) is 3.45. The molecule has 0 aliphatic heterocycles. The summed E-state index contributed by atoms with van der Waals surface area (Å²) < 4.78 is 0. The van der Waals surface area contributed by atoms with Crippen molar-refractivity contribution in [2.75, 3.05) is 13.1 Å². The van der Waals surface area contributed by atoms with Crippen molar-refractivity contribution >= 4 is 0 Å². The second kappa shape index (κ2) is 9.90. The Labute approximate surface area is 108 Å². The summed E-state index contributed by atoms with van der Waals surface area (Å²) >= 11 is 0. The molecule has 2 nitrogen and oxygen atoms in total. The van der Waals surface area contributed by atoms with Gasteiger partial charge in [-0.1, -0.05) is 39.0 Å². The van der Waals surface area contributed by atoms with Crippen LogP contribution in [0, 0.1) is 5.92 Å². The Balaban J connectivity index is 1.81. The third kappa shape index (κ3) is 7.77. The molecule has 1 aliphatic carbocycles. The third-order valence-electron chi connectivity index (χ3n) is 4.03. The van der Waals surface area contributed by atoms with Gasteiger partial charge in [0.05, 0.1) is 0 Å². The molecule has 1 rings (SSSR count). The highest BCUT2D eigenvalue weighted by Gasteiger charge is 2.17. The lowest BCUT2D eigenvalue weighted by Crippen LogP contribution is -2.32. The number of nitrogens with two attached hydrogens (primary N) is 1. The zero-order valence-corrected chi connectivity index (χ0v) is 11.7. The molecular weight excluding hydrogens is 208 g/mol. The highest BCUT2D eigenvalue weighted by molar-refractivity contribution is 4.75. The van der Waals surface area contributed by atoms with Crippen LogP contribution >= 0.6 is 0 Å². The van der Waals surface area contributed by atoms with Crippen LogP contribution in [0.2, 0.25) is 0 Å². The summed E-state index contributed by atoms with van der Waals surface area (Å²) in [5.74, 6) is 0.898. The van der Waals surface area contributed by atoms with Gasteiger partial charge in [0, 0.05) is 6.04 Å². The van der Waals surface area contributed by atoms with Gasteiger partial charge in [0.1, 0.15) is 0 Å². The molecule has 0 saturated heterocycles. The van der Waals surface area contributed by atoms with Gasteiger partial charge in [0.2, 0.25) is 0 Å². The van der Waals surface area contributed by atoms with Crippen LogP contribution in [0.3, 0.4) is 0 Å². The molecule has 0 aromatic carbocycles. The summed E-state index contributed by atoms with van der Waals surface area (Å²) in [4.78, 5) is 0. The molecule has 0 heterocycles. The van der Waals surface area contributed by atoms with E-state index in [1.807, 2.05) is 0 Å². The summed E-state index contributed by atoms with van der Waals surface area (Å²) in [6, 6.07) is 0.491. The molecule has 0 amide bonds. The van der Waals surface area contributed by atoms with Crippen molar-refractivity contribution in [3.63, 3.8) is 0 Å². The van der Waals surface area contributed by atoms with Gasteiger partial charge in [-0.3, -0.25) is 0 Å². The lowest BCUT2D eigenvalue weighted by atomic mass is 9.86. The Bertz CT molecular complexity index is 162. The largest absolute Gasteiger partial charge is 0.328 e. The van der Waals surface area contributed by atoms with Crippen molar-refractivity contribution in [3.05, 3.63) is 0 Å². The van der Waals surface area contributed by atoms with Crippen LogP contribution in [0.4, 0.5) is 0 Å². The average molecular weight is 240 g/mol. The molecule has 1 saturated carbocycles. The molecule has 0 spiro atoms. The molecule has 0 atom stereocenters. The van der Waals surface area contributed by atoms with Gasteiger partial charge in [-0.2, -0.15) is 0 Å². The van der Waals surface area contributed by atoms with Gasteiger partial charge in [-0.25, -0.2) is 0 Å². The van der Waals surface area contributed by atoms with Crippen LogP contribution in [0.15, 0.2) is 0 Å². The van der Waals surface area contributed by atoms with Crippen LogP contribution in [0.1, 0.15) is 71.1 Å². The van der Waals surface area contributed by atoms with E-state index < -0.39 is 0 Å². The van der Waals surface area contributed by atoms with Gasteiger partial charge in [-0.15, -0.1) is 0 Å². The molecule has 0 unspecified atom stereocenters.